The Morgan fingerprint density at radius 1 is 1.30 bits per heavy atom. The molecule has 1 amide bonds. The third kappa shape index (κ3) is 3.65. The van der Waals surface area contributed by atoms with Crippen LogP contribution in [0.3, 0.4) is 0 Å². The van der Waals surface area contributed by atoms with Crippen molar-refractivity contribution in [3.05, 3.63) is 42.6 Å². The number of nitrogens with two attached hydrogens (primary N) is 1. The fourth-order valence-corrected chi connectivity index (χ4v) is 3.03. The number of rotatable bonds is 4. The number of anilines is 1. The maximum atomic E-state index is 11.2. The number of nitrogens with zero attached hydrogens (tertiary/aromatic N) is 3. The molecule has 0 bridgehead atoms. The van der Waals surface area contributed by atoms with Gasteiger partial charge in [-0.3, -0.25) is 4.79 Å². The van der Waals surface area contributed by atoms with E-state index in [9.17, 15) is 9.90 Å². The van der Waals surface area contributed by atoms with Crippen molar-refractivity contribution < 1.29 is 9.90 Å². The Morgan fingerprint density at radius 2 is 2.09 bits per heavy atom. The normalized spacial score (nSPS) is 21.2. The highest BCUT2D eigenvalue weighted by molar-refractivity contribution is 5.75. The van der Waals surface area contributed by atoms with E-state index in [2.05, 4.69) is 9.97 Å². The first kappa shape index (κ1) is 15.4. The SMILES string of the molecule is NC(=O)CC1(O)CCCN(c2ccnc(-c3ccccc3)n2)C1. The van der Waals surface area contributed by atoms with E-state index in [1.165, 1.54) is 0 Å². The predicted molar refractivity (Wildman–Crippen MR) is 87.7 cm³/mol. The van der Waals surface area contributed by atoms with Gasteiger partial charge in [0.2, 0.25) is 5.91 Å². The predicted octanol–water partition coefficient (Wildman–Crippen LogP) is 1.35. The number of aromatic nitrogens is 2. The van der Waals surface area contributed by atoms with Gasteiger partial charge in [-0.2, -0.15) is 0 Å². The summed E-state index contributed by atoms with van der Waals surface area (Å²) < 4.78 is 0. The minimum absolute atomic E-state index is 0.0277. The van der Waals surface area contributed by atoms with Crippen LogP contribution in [0, 0.1) is 0 Å². The molecule has 120 valence electrons. The Labute approximate surface area is 135 Å². The lowest BCUT2D eigenvalue weighted by atomic mass is 9.89. The van der Waals surface area contributed by atoms with Crippen LogP contribution in [0.25, 0.3) is 11.4 Å². The van der Waals surface area contributed by atoms with Crippen LogP contribution in [0.2, 0.25) is 0 Å². The molecule has 1 aliphatic heterocycles. The molecular weight excluding hydrogens is 292 g/mol. The number of carbonyl (C=O) groups is 1. The van der Waals surface area contributed by atoms with E-state index >= 15 is 0 Å². The lowest BCUT2D eigenvalue weighted by Gasteiger charge is -2.39. The Kier molecular flexibility index (Phi) is 4.25. The summed E-state index contributed by atoms with van der Waals surface area (Å²) in [6, 6.07) is 11.6. The molecule has 6 nitrogen and oxygen atoms in total. The molecule has 6 heteroatoms. The molecule has 1 unspecified atom stereocenters. The van der Waals surface area contributed by atoms with E-state index in [4.69, 9.17) is 5.73 Å². The lowest BCUT2D eigenvalue weighted by molar-refractivity contribution is -0.123. The molecule has 2 aromatic rings. The first-order valence-electron chi connectivity index (χ1n) is 7.70. The molecule has 1 fully saturated rings. The number of aliphatic hydroxyl groups is 1. The molecule has 1 saturated heterocycles. The summed E-state index contributed by atoms with van der Waals surface area (Å²) in [6.07, 6.45) is 3.05. The van der Waals surface area contributed by atoms with Crippen LogP contribution >= 0.6 is 0 Å². The number of carbonyl (C=O) groups excluding carboxylic acids is 1. The minimum Gasteiger partial charge on any atom is -0.388 e. The number of hydrogen-bond donors (Lipinski definition) is 2. The second kappa shape index (κ2) is 6.34. The summed E-state index contributed by atoms with van der Waals surface area (Å²) in [7, 11) is 0. The van der Waals surface area contributed by atoms with E-state index in [1.807, 2.05) is 41.3 Å². The molecule has 2 heterocycles. The first-order chi connectivity index (χ1) is 11.1. The number of benzene rings is 1. The van der Waals surface area contributed by atoms with Crippen LogP contribution < -0.4 is 10.6 Å². The van der Waals surface area contributed by atoms with Gasteiger partial charge in [0.15, 0.2) is 5.82 Å². The van der Waals surface area contributed by atoms with Gasteiger partial charge in [-0.1, -0.05) is 30.3 Å². The summed E-state index contributed by atoms with van der Waals surface area (Å²) in [4.78, 5) is 22.1. The van der Waals surface area contributed by atoms with Gasteiger partial charge in [-0.25, -0.2) is 9.97 Å². The van der Waals surface area contributed by atoms with Crippen molar-refractivity contribution in [2.75, 3.05) is 18.0 Å². The number of piperidine rings is 1. The Morgan fingerprint density at radius 3 is 2.83 bits per heavy atom. The smallest absolute Gasteiger partial charge is 0.220 e. The van der Waals surface area contributed by atoms with Crippen LogP contribution in [0.5, 0.6) is 0 Å². The summed E-state index contributed by atoms with van der Waals surface area (Å²) >= 11 is 0. The van der Waals surface area contributed by atoms with E-state index in [0.717, 1.165) is 24.3 Å². The number of amides is 1. The van der Waals surface area contributed by atoms with Gasteiger partial charge in [-0.05, 0) is 18.9 Å². The fourth-order valence-electron chi connectivity index (χ4n) is 3.03. The van der Waals surface area contributed by atoms with Gasteiger partial charge in [0.05, 0.1) is 12.0 Å². The average molecular weight is 312 g/mol. The van der Waals surface area contributed by atoms with Crippen molar-refractivity contribution in [3.8, 4) is 11.4 Å². The maximum absolute atomic E-state index is 11.2. The van der Waals surface area contributed by atoms with Crippen LogP contribution in [-0.2, 0) is 4.79 Å². The van der Waals surface area contributed by atoms with Crippen molar-refractivity contribution in [1.82, 2.24) is 9.97 Å². The molecule has 0 radical (unpaired) electrons. The Hall–Kier alpha value is -2.47. The van der Waals surface area contributed by atoms with Crippen molar-refractivity contribution in [1.29, 1.82) is 0 Å². The molecule has 0 spiro atoms. The molecule has 0 saturated carbocycles. The van der Waals surface area contributed by atoms with E-state index < -0.39 is 11.5 Å². The first-order valence-corrected chi connectivity index (χ1v) is 7.70. The fraction of sp³-hybridized carbons (Fsp3) is 0.353. The van der Waals surface area contributed by atoms with Crippen LogP contribution in [0.4, 0.5) is 5.82 Å². The van der Waals surface area contributed by atoms with Crippen molar-refractivity contribution in [2.24, 2.45) is 5.73 Å². The van der Waals surface area contributed by atoms with E-state index in [-0.39, 0.29) is 6.42 Å². The zero-order valence-corrected chi connectivity index (χ0v) is 12.9. The third-order valence-electron chi connectivity index (χ3n) is 4.06. The third-order valence-corrected chi connectivity index (χ3v) is 4.06. The Bertz CT molecular complexity index is 692. The highest BCUT2D eigenvalue weighted by Crippen LogP contribution is 2.28. The second-order valence-corrected chi connectivity index (χ2v) is 6.00. The zero-order chi connectivity index (χ0) is 16.3. The van der Waals surface area contributed by atoms with Crippen LogP contribution in [0.1, 0.15) is 19.3 Å². The lowest BCUT2D eigenvalue weighted by Crippen LogP contribution is -2.50. The largest absolute Gasteiger partial charge is 0.388 e. The molecular formula is C17H20N4O2. The van der Waals surface area contributed by atoms with Crippen LogP contribution in [-0.4, -0.2) is 39.7 Å². The molecule has 0 aliphatic carbocycles. The highest BCUT2D eigenvalue weighted by atomic mass is 16.3. The van der Waals surface area contributed by atoms with Gasteiger partial charge in [0.25, 0.3) is 0 Å². The minimum atomic E-state index is -1.08. The number of primary amides is 1. The summed E-state index contributed by atoms with van der Waals surface area (Å²) in [5, 5.41) is 10.6. The van der Waals surface area contributed by atoms with E-state index in [1.54, 1.807) is 6.20 Å². The van der Waals surface area contributed by atoms with Gasteiger partial charge >= 0.3 is 0 Å². The van der Waals surface area contributed by atoms with Crippen molar-refractivity contribution in [3.63, 3.8) is 0 Å². The average Bonchev–Trinajstić information content (AvgIpc) is 2.55. The monoisotopic (exact) mass is 312 g/mol. The molecule has 3 N–H and O–H groups in total. The summed E-state index contributed by atoms with van der Waals surface area (Å²) in [5.74, 6) is 0.913. The molecule has 23 heavy (non-hydrogen) atoms. The number of hydrogen-bond acceptors (Lipinski definition) is 5. The van der Waals surface area contributed by atoms with E-state index in [0.29, 0.717) is 18.8 Å². The summed E-state index contributed by atoms with van der Waals surface area (Å²) in [6.45, 7) is 1.13. The zero-order valence-electron chi connectivity index (χ0n) is 12.9. The molecule has 1 aromatic heterocycles. The van der Waals surface area contributed by atoms with Gasteiger partial charge in [-0.15, -0.1) is 0 Å². The molecule has 1 atom stereocenters. The molecule has 1 aliphatic rings. The van der Waals surface area contributed by atoms with Gasteiger partial charge < -0.3 is 15.7 Å². The standard InChI is InChI=1S/C17H20N4O2/c18-14(22)11-17(23)8-4-10-21(12-17)15-7-9-19-16(20-15)13-5-2-1-3-6-13/h1-3,5-7,9,23H,4,8,10-12H2,(H2,18,22). The maximum Gasteiger partial charge on any atom is 0.220 e. The molecule has 1 aromatic carbocycles. The Balaban J connectivity index is 1.83. The number of β-amino-alcohol motifs (C(OH)–C–C–N with tert-alkyl or cyclic N) is 1. The second-order valence-electron chi connectivity index (χ2n) is 6.00. The van der Waals surface area contributed by atoms with Crippen molar-refractivity contribution >= 4 is 11.7 Å². The molecule has 3 rings (SSSR count). The van der Waals surface area contributed by atoms with Gasteiger partial charge in [0, 0.05) is 24.8 Å². The topological polar surface area (TPSA) is 92.3 Å². The summed E-state index contributed by atoms with van der Waals surface area (Å²) in [5.41, 5.74) is 5.11. The van der Waals surface area contributed by atoms with Crippen molar-refractivity contribution in [2.45, 2.75) is 24.9 Å². The van der Waals surface area contributed by atoms with Crippen LogP contribution in [0.15, 0.2) is 42.6 Å². The quantitative estimate of drug-likeness (QED) is 0.889. The highest BCUT2D eigenvalue weighted by Gasteiger charge is 2.35. The van der Waals surface area contributed by atoms with Gasteiger partial charge in [0.1, 0.15) is 5.82 Å².